The predicted octanol–water partition coefficient (Wildman–Crippen LogP) is 11.3. The molecule has 1 N–H and O–H groups in total. The molecule has 0 aliphatic carbocycles. The fourth-order valence-corrected chi connectivity index (χ4v) is 6.60. The number of aromatic nitrogens is 9. The van der Waals surface area contributed by atoms with Crippen molar-refractivity contribution < 1.29 is 33.0 Å². The van der Waals surface area contributed by atoms with Crippen molar-refractivity contribution in [1.29, 1.82) is 0 Å². The normalized spacial score (nSPS) is 11.8. The van der Waals surface area contributed by atoms with Crippen molar-refractivity contribution in [3.05, 3.63) is 109 Å². The van der Waals surface area contributed by atoms with E-state index in [1.807, 2.05) is 102 Å². The van der Waals surface area contributed by atoms with E-state index in [1.165, 1.54) is 15.8 Å². The maximum atomic E-state index is 13.5. The van der Waals surface area contributed by atoms with Crippen LogP contribution in [-0.2, 0) is 21.3 Å². The van der Waals surface area contributed by atoms with E-state index in [2.05, 4.69) is 35.5 Å². The number of nitrogens with one attached hydrogen (secondary N) is 1. The summed E-state index contributed by atoms with van der Waals surface area (Å²) >= 11 is 5.97. The van der Waals surface area contributed by atoms with E-state index in [0.717, 1.165) is 38.1 Å². The summed E-state index contributed by atoms with van der Waals surface area (Å²) in [5, 5.41) is 11.5. The summed E-state index contributed by atoms with van der Waals surface area (Å²) < 4.78 is 26.1. The Bertz CT molecular complexity index is 3040. The van der Waals surface area contributed by atoms with Crippen LogP contribution in [-0.4, -0.2) is 79.1 Å². The molecule has 6 heterocycles. The molecule has 1 amide bonds. The first-order valence-electron chi connectivity index (χ1n) is 20.8. The van der Waals surface area contributed by atoms with Crippen molar-refractivity contribution in [2.24, 2.45) is 7.05 Å². The molecule has 6 aromatic heterocycles. The zero-order valence-corrected chi connectivity index (χ0v) is 39.2. The van der Waals surface area contributed by atoms with Gasteiger partial charge in [0, 0.05) is 48.5 Å². The van der Waals surface area contributed by atoms with Crippen LogP contribution in [0.5, 0.6) is 0 Å². The van der Waals surface area contributed by atoms with Gasteiger partial charge in [-0.1, -0.05) is 24.3 Å². The van der Waals surface area contributed by atoms with Gasteiger partial charge >= 0.3 is 18.3 Å². The van der Waals surface area contributed by atoms with Gasteiger partial charge in [-0.05, 0) is 122 Å². The molecule has 8 rings (SSSR count). The Hall–Kier alpha value is -7.60. The Morgan fingerprint density at radius 3 is 1.76 bits per heavy atom. The van der Waals surface area contributed by atoms with E-state index >= 15 is 0 Å². The molecular weight excluding hydrogens is 866 g/mol. The first kappa shape index (κ1) is 46.4. The van der Waals surface area contributed by atoms with Gasteiger partial charge in [0.05, 0.1) is 29.9 Å². The van der Waals surface area contributed by atoms with Gasteiger partial charge < -0.3 is 28.5 Å². The molecular formula is C47H50ClN11O7. The lowest BCUT2D eigenvalue weighted by Crippen LogP contribution is -2.34. The third kappa shape index (κ3) is 11.2. The highest BCUT2D eigenvalue weighted by Crippen LogP contribution is 2.34. The lowest BCUT2D eigenvalue weighted by Gasteiger charge is -2.27. The van der Waals surface area contributed by atoms with Crippen molar-refractivity contribution in [3.8, 4) is 22.3 Å². The summed E-state index contributed by atoms with van der Waals surface area (Å²) in [5.74, 6) is 1.44. The molecule has 0 spiro atoms. The molecule has 66 heavy (non-hydrogen) atoms. The van der Waals surface area contributed by atoms with Crippen LogP contribution in [0.1, 0.15) is 68.1 Å². The standard InChI is InChI=1S/C27H32N6O4.C20H18ClN5O3/c1-17-29-21-13-14-31(8)22(21)23(30-17)33(25(35)37-27(5,6)7)20-11-9-18(10-12-20)19-15-28-32(16-19)24(34)36-26(2,3)4;1-20(2,3)29-19(27)26-11-13(10-22-26)12-4-6-14(7-5-12)23-17-16-15(8-9-28-16)24-18(21)25-17/h9-16H,1-8H3;4-11H,1-3H3,(H,23,24,25). The average molecular weight is 916 g/mol. The van der Waals surface area contributed by atoms with Crippen molar-refractivity contribution >= 4 is 75.0 Å². The molecule has 0 unspecified atom stereocenters. The van der Waals surface area contributed by atoms with Crippen LogP contribution in [0, 0.1) is 6.92 Å². The third-order valence-electron chi connectivity index (χ3n) is 9.14. The highest BCUT2D eigenvalue weighted by atomic mass is 35.5. The summed E-state index contributed by atoms with van der Waals surface area (Å²) in [6, 6.07) is 18.5. The minimum absolute atomic E-state index is 0.132. The fourth-order valence-electron chi connectivity index (χ4n) is 6.43. The van der Waals surface area contributed by atoms with E-state index in [0.29, 0.717) is 39.8 Å². The molecule has 0 fully saturated rings. The van der Waals surface area contributed by atoms with Gasteiger partial charge in [0.15, 0.2) is 17.2 Å². The van der Waals surface area contributed by atoms with Gasteiger partial charge in [0.1, 0.15) is 33.7 Å². The summed E-state index contributed by atoms with van der Waals surface area (Å²) in [6.07, 6.45) is 8.21. The Morgan fingerprint density at radius 2 is 1.21 bits per heavy atom. The van der Waals surface area contributed by atoms with Crippen LogP contribution in [0.4, 0.5) is 37.4 Å². The number of hydrogen-bond acceptors (Lipinski definition) is 14. The number of rotatable bonds is 6. The summed E-state index contributed by atoms with van der Waals surface area (Å²) in [5.41, 5.74) is 5.25. The maximum Gasteiger partial charge on any atom is 0.435 e. The van der Waals surface area contributed by atoms with Gasteiger partial charge in [-0.15, -0.1) is 0 Å². The van der Waals surface area contributed by atoms with Crippen LogP contribution in [0.3, 0.4) is 0 Å². The Morgan fingerprint density at radius 1 is 0.667 bits per heavy atom. The Kier molecular flexibility index (Phi) is 12.7. The van der Waals surface area contributed by atoms with Crippen molar-refractivity contribution in [2.45, 2.75) is 86.0 Å². The van der Waals surface area contributed by atoms with Crippen molar-refractivity contribution in [3.63, 3.8) is 0 Å². The van der Waals surface area contributed by atoms with Gasteiger partial charge in [0.25, 0.3) is 0 Å². The molecule has 0 aliphatic rings. The van der Waals surface area contributed by atoms with Gasteiger partial charge in [-0.25, -0.2) is 34.2 Å². The lowest BCUT2D eigenvalue weighted by molar-refractivity contribution is 0.0503. The quantitative estimate of drug-likeness (QED) is 0.122. The minimum atomic E-state index is -0.707. The molecule has 0 bridgehead atoms. The molecule has 8 aromatic rings. The fraction of sp³-hybridized carbons (Fsp3) is 0.298. The highest BCUT2D eigenvalue weighted by molar-refractivity contribution is 6.28. The predicted molar refractivity (Wildman–Crippen MR) is 250 cm³/mol. The van der Waals surface area contributed by atoms with Gasteiger partial charge in [-0.2, -0.15) is 24.5 Å². The van der Waals surface area contributed by atoms with Crippen LogP contribution in [0.15, 0.2) is 102 Å². The number of ether oxygens (including phenoxy) is 3. The summed E-state index contributed by atoms with van der Waals surface area (Å²) in [7, 11) is 1.88. The molecule has 0 atom stereocenters. The zero-order valence-electron chi connectivity index (χ0n) is 38.4. The van der Waals surface area contributed by atoms with E-state index in [1.54, 1.807) is 70.7 Å². The number of anilines is 4. The van der Waals surface area contributed by atoms with Crippen LogP contribution in [0.2, 0.25) is 5.28 Å². The number of halogens is 1. The Labute approximate surface area is 385 Å². The number of carbonyl (C=O) groups excluding carboxylic acids is 3. The van der Waals surface area contributed by atoms with Gasteiger partial charge in [-0.3, -0.25) is 0 Å². The number of furan rings is 1. The molecule has 18 nitrogen and oxygen atoms in total. The number of amides is 1. The van der Waals surface area contributed by atoms with Gasteiger partial charge in [0.2, 0.25) is 5.28 Å². The number of benzene rings is 2. The number of aryl methyl sites for hydroxylation is 2. The van der Waals surface area contributed by atoms with Crippen LogP contribution >= 0.6 is 11.6 Å². The van der Waals surface area contributed by atoms with Crippen LogP contribution in [0.25, 0.3) is 44.4 Å². The van der Waals surface area contributed by atoms with E-state index < -0.39 is 35.1 Å². The molecule has 342 valence electrons. The topological polar surface area (TPSA) is 199 Å². The summed E-state index contributed by atoms with van der Waals surface area (Å²) in [6.45, 7) is 18.1. The zero-order chi connectivity index (χ0) is 47.7. The molecule has 0 saturated carbocycles. The monoisotopic (exact) mass is 915 g/mol. The highest BCUT2D eigenvalue weighted by Gasteiger charge is 2.29. The number of nitrogens with zero attached hydrogens (tertiary/aromatic N) is 10. The SMILES string of the molecule is CC(C)(C)OC(=O)n1cc(-c2ccc(Nc3nc(Cl)nc4ccoc34)cc2)cn1.Cc1nc(N(C(=O)OC(C)(C)C)c2ccc(-c3cnn(C(=O)OC(C)(C)C)c3)cc2)c2c(ccn2C)n1. The van der Waals surface area contributed by atoms with E-state index in [9.17, 15) is 14.4 Å². The average Bonchev–Trinajstić information content (AvgIpc) is 4.05. The first-order valence-corrected chi connectivity index (χ1v) is 21.2. The smallest absolute Gasteiger partial charge is 0.435 e. The molecule has 0 radical (unpaired) electrons. The maximum absolute atomic E-state index is 13.5. The number of fused-ring (bicyclic) bond motifs is 2. The van der Waals surface area contributed by atoms with E-state index in [-0.39, 0.29) is 5.28 Å². The molecule has 19 heteroatoms. The largest absolute Gasteiger partial charge is 0.459 e. The van der Waals surface area contributed by atoms with Crippen molar-refractivity contribution in [2.75, 3.05) is 10.2 Å². The second-order valence-corrected chi connectivity index (χ2v) is 18.4. The minimum Gasteiger partial charge on any atom is -0.459 e. The lowest BCUT2D eigenvalue weighted by atomic mass is 10.1. The number of hydrogen-bond donors (Lipinski definition) is 1. The molecule has 0 aliphatic heterocycles. The third-order valence-corrected chi connectivity index (χ3v) is 9.31. The second kappa shape index (κ2) is 18.1. The summed E-state index contributed by atoms with van der Waals surface area (Å²) in [4.78, 5) is 56.8. The molecule has 0 saturated heterocycles. The second-order valence-electron chi connectivity index (χ2n) is 18.1. The molecule has 2 aromatic carbocycles. The van der Waals surface area contributed by atoms with E-state index in [4.69, 9.17) is 30.2 Å². The van der Waals surface area contributed by atoms with Crippen LogP contribution < -0.4 is 10.2 Å². The number of carbonyl (C=O) groups is 3. The Balaban J connectivity index is 0.000000202. The van der Waals surface area contributed by atoms with Crippen molar-refractivity contribution in [1.82, 2.24) is 44.1 Å². The first-order chi connectivity index (χ1) is 31.0.